The molecule has 1 aromatic rings. The molecule has 2 aliphatic rings. The molecule has 17 heavy (non-hydrogen) atoms. The van der Waals surface area contributed by atoms with Crippen LogP contribution in [0.3, 0.4) is 0 Å². The van der Waals surface area contributed by atoms with Gasteiger partial charge >= 0.3 is 0 Å². The van der Waals surface area contributed by atoms with E-state index in [1.165, 1.54) is 12.8 Å². The van der Waals surface area contributed by atoms with E-state index in [-0.39, 0.29) is 5.92 Å². The lowest BCUT2D eigenvalue weighted by Gasteiger charge is -2.31. The third-order valence-electron chi connectivity index (χ3n) is 3.70. The summed E-state index contributed by atoms with van der Waals surface area (Å²) in [5, 5.41) is 0. The van der Waals surface area contributed by atoms with E-state index in [0.717, 1.165) is 24.3 Å². The molecule has 1 saturated carbocycles. The van der Waals surface area contributed by atoms with Gasteiger partial charge in [0.15, 0.2) is 0 Å². The van der Waals surface area contributed by atoms with Gasteiger partial charge < -0.3 is 9.64 Å². The van der Waals surface area contributed by atoms with Gasteiger partial charge in [0.05, 0.1) is 12.2 Å². The van der Waals surface area contributed by atoms with Crippen LogP contribution in [0.1, 0.15) is 25.7 Å². The van der Waals surface area contributed by atoms with Gasteiger partial charge in [0.25, 0.3) is 0 Å². The van der Waals surface area contributed by atoms with Crippen molar-refractivity contribution in [2.24, 2.45) is 5.92 Å². The summed E-state index contributed by atoms with van der Waals surface area (Å²) in [6.07, 6.45) is 4.50. The van der Waals surface area contributed by atoms with Gasteiger partial charge in [0.2, 0.25) is 5.91 Å². The molecule has 3 heteroatoms. The van der Waals surface area contributed by atoms with Crippen LogP contribution >= 0.6 is 0 Å². The zero-order valence-electron chi connectivity index (χ0n) is 9.89. The fourth-order valence-electron chi connectivity index (χ4n) is 2.79. The molecule has 0 saturated heterocycles. The summed E-state index contributed by atoms with van der Waals surface area (Å²) in [6.45, 7) is 1.29. The maximum atomic E-state index is 12.4. The molecule has 0 aromatic heterocycles. The highest BCUT2D eigenvalue weighted by molar-refractivity contribution is 5.96. The number of nitrogens with zero attached hydrogens (tertiary/aromatic N) is 1. The first-order chi connectivity index (χ1) is 8.36. The number of hydrogen-bond acceptors (Lipinski definition) is 2. The molecule has 0 N–H and O–H groups in total. The lowest BCUT2D eigenvalue weighted by atomic mass is 10.1. The molecule has 3 rings (SSSR count). The number of fused-ring (bicyclic) bond motifs is 1. The van der Waals surface area contributed by atoms with Crippen LogP contribution in [0.2, 0.25) is 0 Å². The van der Waals surface area contributed by atoms with Crippen molar-refractivity contribution in [2.75, 3.05) is 18.1 Å². The van der Waals surface area contributed by atoms with Gasteiger partial charge in [-0.2, -0.15) is 0 Å². The number of anilines is 1. The Balaban J connectivity index is 1.86. The third kappa shape index (κ3) is 1.90. The minimum atomic E-state index is 0.237. The standard InChI is InChI=1S/C14H17NO2/c16-14(11-5-1-2-6-11)15-9-10-17-13-8-4-3-7-12(13)15/h3-4,7-8,11H,1-2,5-6,9-10H2. The van der Waals surface area contributed by atoms with Crippen molar-refractivity contribution >= 4 is 11.6 Å². The van der Waals surface area contributed by atoms with E-state index >= 15 is 0 Å². The first-order valence-corrected chi connectivity index (χ1v) is 6.39. The number of rotatable bonds is 1. The second kappa shape index (κ2) is 4.40. The van der Waals surface area contributed by atoms with Crippen LogP contribution in [-0.2, 0) is 4.79 Å². The number of carbonyl (C=O) groups is 1. The predicted molar refractivity (Wildman–Crippen MR) is 66.2 cm³/mol. The quantitative estimate of drug-likeness (QED) is 0.743. The molecular weight excluding hydrogens is 214 g/mol. The SMILES string of the molecule is O=C(C1CCCC1)N1CCOc2ccccc21. The first-order valence-electron chi connectivity index (χ1n) is 6.39. The van der Waals surface area contributed by atoms with Crippen LogP contribution in [0.25, 0.3) is 0 Å². The Hall–Kier alpha value is -1.51. The van der Waals surface area contributed by atoms with Gasteiger partial charge in [0.1, 0.15) is 12.4 Å². The fourth-order valence-corrected chi connectivity index (χ4v) is 2.79. The number of para-hydroxylation sites is 2. The normalized spacial score (nSPS) is 19.9. The summed E-state index contributed by atoms with van der Waals surface area (Å²) in [7, 11) is 0. The lowest BCUT2D eigenvalue weighted by molar-refractivity contribution is -0.122. The summed E-state index contributed by atoms with van der Waals surface area (Å²) < 4.78 is 5.57. The summed E-state index contributed by atoms with van der Waals surface area (Å²) in [5.41, 5.74) is 0.940. The minimum absolute atomic E-state index is 0.237. The Kier molecular flexibility index (Phi) is 2.75. The first kappa shape index (κ1) is 10.6. The monoisotopic (exact) mass is 231 g/mol. The van der Waals surface area contributed by atoms with Crippen molar-refractivity contribution in [1.29, 1.82) is 0 Å². The van der Waals surface area contributed by atoms with Gasteiger partial charge in [-0.05, 0) is 25.0 Å². The summed E-state index contributed by atoms with van der Waals surface area (Å²) in [4.78, 5) is 14.3. The molecule has 1 aliphatic carbocycles. The van der Waals surface area contributed by atoms with E-state index in [2.05, 4.69) is 0 Å². The minimum Gasteiger partial charge on any atom is -0.490 e. The zero-order valence-corrected chi connectivity index (χ0v) is 9.89. The molecule has 3 nitrogen and oxygen atoms in total. The Morgan fingerprint density at radius 1 is 1.24 bits per heavy atom. The second-order valence-electron chi connectivity index (χ2n) is 4.79. The Bertz CT molecular complexity index is 424. The van der Waals surface area contributed by atoms with E-state index in [1.54, 1.807) is 0 Å². The smallest absolute Gasteiger partial charge is 0.230 e. The Labute approximate surface area is 101 Å². The summed E-state index contributed by atoms with van der Waals surface area (Å²) >= 11 is 0. The maximum absolute atomic E-state index is 12.4. The highest BCUT2D eigenvalue weighted by Crippen LogP contribution is 2.34. The molecule has 0 spiro atoms. The topological polar surface area (TPSA) is 29.5 Å². The van der Waals surface area contributed by atoms with E-state index in [9.17, 15) is 4.79 Å². The molecule has 90 valence electrons. The predicted octanol–water partition coefficient (Wildman–Crippen LogP) is 2.60. The molecular formula is C14H17NO2. The van der Waals surface area contributed by atoms with E-state index < -0.39 is 0 Å². The van der Waals surface area contributed by atoms with E-state index in [1.807, 2.05) is 29.2 Å². The maximum Gasteiger partial charge on any atom is 0.230 e. The zero-order chi connectivity index (χ0) is 11.7. The average Bonchev–Trinajstić information content (AvgIpc) is 2.91. The molecule has 0 bridgehead atoms. The van der Waals surface area contributed by atoms with Crippen LogP contribution in [0.4, 0.5) is 5.69 Å². The lowest BCUT2D eigenvalue weighted by Crippen LogP contribution is -2.40. The fraction of sp³-hybridized carbons (Fsp3) is 0.500. The van der Waals surface area contributed by atoms with Gasteiger partial charge in [-0.25, -0.2) is 0 Å². The molecule has 0 atom stereocenters. The van der Waals surface area contributed by atoms with Crippen molar-refractivity contribution in [3.8, 4) is 5.75 Å². The molecule has 1 aliphatic heterocycles. The summed E-state index contributed by atoms with van der Waals surface area (Å²) in [5.74, 6) is 1.37. The van der Waals surface area contributed by atoms with Crippen LogP contribution in [0.5, 0.6) is 5.75 Å². The summed E-state index contributed by atoms with van der Waals surface area (Å²) in [6, 6.07) is 7.82. The molecule has 0 unspecified atom stereocenters. The van der Waals surface area contributed by atoms with Crippen molar-refractivity contribution in [3.05, 3.63) is 24.3 Å². The number of hydrogen-bond donors (Lipinski definition) is 0. The van der Waals surface area contributed by atoms with Gasteiger partial charge in [-0.1, -0.05) is 25.0 Å². The van der Waals surface area contributed by atoms with E-state index in [4.69, 9.17) is 4.74 Å². The molecule has 1 amide bonds. The molecule has 1 fully saturated rings. The second-order valence-corrected chi connectivity index (χ2v) is 4.79. The number of benzene rings is 1. The highest BCUT2D eigenvalue weighted by Gasteiger charge is 2.30. The third-order valence-corrected chi connectivity index (χ3v) is 3.70. The molecule has 0 radical (unpaired) electrons. The number of ether oxygens (including phenoxy) is 1. The van der Waals surface area contributed by atoms with Crippen LogP contribution < -0.4 is 9.64 Å². The molecule has 1 heterocycles. The molecule has 1 aromatic carbocycles. The van der Waals surface area contributed by atoms with Crippen LogP contribution in [0.15, 0.2) is 24.3 Å². The van der Waals surface area contributed by atoms with Crippen molar-refractivity contribution in [2.45, 2.75) is 25.7 Å². The highest BCUT2D eigenvalue weighted by atomic mass is 16.5. The number of amides is 1. The number of carbonyl (C=O) groups excluding carboxylic acids is 1. The van der Waals surface area contributed by atoms with Gasteiger partial charge in [-0.3, -0.25) is 4.79 Å². The van der Waals surface area contributed by atoms with E-state index in [0.29, 0.717) is 19.1 Å². The van der Waals surface area contributed by atoms with Crippen molar-refractivity contribution in [1.82, 2.24) is 0 Å². The Morgan fingerprint density at radius 3 is 2.82 bits per heavy atom. The van der Waals surface area contributed by atoms with Crippen LogP contribution in [-0.4, -0.2) is 19.1 Å². The van der Waals surface area contributed by atoms with Gasteiger partial charge in [-0.15, -0.1) is 0 Å². The van der Waals surface area contributed by atoms with Gasteiger partial charge in [0, 0.05) is 5.92 Å². The Morgan fingerprint density at radius 2 is 2.00 bits per heavy atom. The van der Waals surface area contributed by atoms with Crippen molar-refractivity contribution < 1.29 is 9.53 Å². The van der Waals surface area contributed by atoms with Crippen molar-refractivity contribution in [3.63, 3.8) is 0 Å². The van der Waals surface area contributed by atoms with Crippen LogP contribution in [0, 0.1) is 5.92 Å². The largest absolute Gasteiger partial charge is 0.490 e. The average molecular weight is 231 g/mol.